The lowest BCUT2D eigenvalue weighted by molar-refractivity contribution is -0.121. The Hall–Kier alpha value is -2.45. The van der Waals surface area contributed by atoms with Crippen molar-refractivity contribution in [3.05, 3.63) is 45.0 Å². The molecule has 2 aromatic rings. The first-order valence-electron chi connectivity index (χ1n) is 7.81. The first-order valence-corrected chi connectivity index (χ1v) is 7.81. The summed E-state index contributed by atoms with van der Waals surface area (Å²) in [4.78, 5) is 36.0. The van der Waals surface area contributed by atoms with Crippen LogP contribution < -0.4 is 21.8 Å². The van der Waals surface area contributed by atoms with Gasteiger partial charge in [0.15, 0.2) is 0 Å². The van der Waals surface area contributed by atoms with E-state index in [1.54, 1.807) is 31.4 Å². The van der Waals surface area contributed by atoms with Gasteiger partial charge in [0, 0.05) is 33.2 Å². The molecule has 1 aromatic carbocycles. The highest BCUT2D eigenvalue weighted by atomic mass is 16.5. The molecule has 1 heterocycles. The summed E-state index contributed by atoms with van der Waals surface area (Å²) in [7, 11) is 1.63. The molecule has 0 bridgehead atoms. The van der Waals surface area contributed by atoms with Crippen LogP contribution in [0.25, 0.3) is 10.8 Å². The fourth-order valence-corrected chi connectivity index (χ4v) is 2.30. The Balaban J connectivity index is 1.87. The van der Waals surface area contributed by atoms with E-state index in [0.717, 1.165) is 6.54 Å². The number of rotatable bonds is 9. The van der Waals surface area contributed by atoms with Gasteiger partial charge in [-0.15, -0.1) is 0 Å². The second-order valence-electron chi connectivity index (χ2n) is 5.29. The molecule has 0 unspecified atom stereocenters. The Kier molecular flexibility index (Phi) is 6.71. The SMILES string of the molecule is COCCNCCNC(=O)CCn1[nH]c(=O)c2ccccc2c1=O. The van der Waals surface area contributed by atoms with E-state index >= 15 is 0 Å². The molecule has 0 aliphatic heterocycles. The molecule has 0 fully saturated rings. The van der Waals surface area contributed by atoms with Crippen molar-refractivity contribution in [3.63, 3.8) is 0 Å². The monoisotopic (exact) mass is 334 g/mol. The van der Waals surface area contributed by atoms with Crippen LogP contribution in [0, 0.1) is 0 Å². The molecule has 3 N–H and O–H groups in total. The van der Waals surface area contributed by atoms with E-state index in [0.29, 0.717) is 30.5 Å². The van der Waals surface area contributed by atoms with E-state index in [4.69, 9.17) is 4.74 Å². The maximum atomic E-state index is 12.3. The molecule has 8 nitrogen and oxygen atoms in total. The molecule has 0 atom stereocenters. The van der Waals surface area contributed by atoms with E-state index in [2.05, 4.69) is 15.7 Å². The number of nitrogens with one attached hydrogen (secondary N) is 3. The summed E-state index contributed by atoms with van der Waals surface area (Å²) in [5, 5.41) is 9.07. The number of amides is 1. The van der Waals surface area contributed by atoms with Crippen molar-refractivity contribution in [1.82, 2.24) is 20.4 Å². The standard InChI is InChI=1S/C16H22N4O4/c1-24-11-9-17-7-8-18-14(21)6-10-20-16(23)13-5-3-2-4-12(13)15(22)19-20/h2-5,17H,6-11H2,1H3,(H,18,21)(H,19,22). The van der Waals surface area contributed by atoms with Crippen molar-refractivity contribution < 1.29 is 9.53 Å². The molecule has 1 aromatic heterocycles. The van der Waals surface area contributed by atoms with Gasteiger partial charge >= 0.3 is 0 Å². The highest BCUT2D eigenvalue weighted by Gasteiger charge is 2.08. The summed E-state index contributed by atoms with van der Waals surface area (Å²) in [6, 6.07) is 6.62. The Bertz CT molecular complexity index is 796. The molecule has 0 aliphatic rings. The molecule has 0 aliphatic carbocycles. The van der Waals surface area contributed by atoms with Crippen molar-refractivity contribution in [2.75, 3.05) is 33.4 Å². The fraction of sp³-hybridized carbons (Fsp3) is 0.438. The van der Waals surface area contributed by atoms with Crippen molar-refractivity contribution in [2.24, 2.45) is 0 Å². The molecule has 130 valence electrons. The van der Waals surface area contributed by atoms with Crippen LogP contribution in [-0.2, 0) is 16.1 Å². The summed E-state index contributed by atoms with van der Waals surface area (Å²) >= 11 is 0. The van der Waals surface area contributed by atoms with Gasteiger partial charge < -0.3 is 15.4 Å². The van der Waals surface area contributed by atoms with Gasteiger partial charge in [0.05, 0.1) is 23.9 Å². The summed E-state index contributed by atoms with van der Waals surface area (Å²) in [6.45, 7) is 2.60. The Labute approximate surface area is 138 Å². The van der Waals surface area contributed by atoms with E-state index in [1.165, 1.54) is 4.68 Å². The Morgan fingerprint density at radius 3 is 2.67 bits per heavy atom. The average Bonchev–Trinajstić information content (AvgIpc) is 2.60. The molecule has 2 rings (SSSR count). The zero-order valence-corrected chi connectivity index (χ0v) is 13.6. The number of aryl methyl sites for hydroxylation is 1. The summed E-state index contributed by atoms with van der Waals surface area (Å²) in [5.74, 6) is -0.176. The minimum absolute atomic E-state index is 0.117. The van der Waals surface area contributed by atoms with Gasteiger partial charge in [-0.25, -0.2) is 4.68 Å². The quantitative estimate of drug-likeness (QED) is 0.533. The predicted molar refractivity (Wildman–Crippen MR) is 91.2 cm³/mol. The van der Waals surface area contributed by atoms with Crippen LogP contribution in [-0.4, -0.2) is 49.0 Å². The predicted octanol–water partition coefficient (Wildman–Crippen LogP) is -0.568. The highest BCUT2D eigenvalue weighted by molar-refractivity contribution is 5.80. The molecule has 8 heteroatoms. The topological polar surface area (TPSA) is 105 Å². The molecular formula is C16H22N4O4. The van der Waals surface area contributed by atoms with E-state index in [9.17, 15) is 14.4 Å². The number of aromatic amines is 1. The van der Waals surface area contributed by atoms with Crippen molar-refractivity contribution >= 4 is 16.7 Å². The number of benzene rings is 1. The molecule has 0 saturated heterocycles. The van der Waals surface area contributed by atoms with Crippen LogP contribution in [0.4, 0.5) is 0 Å². The molecule has 0 saturated carbocycles. The van der Waals surface area contributed by atoms with Crippen LogP contribution in [0.1, 0.15) is 6.42 Å². The number of carbonyl (C=O) groups is 1. The number of carbonyl (C=O) groups excluding carboxylic acids is 1. The molecule has 1 amide bonds. The van der Waals surface area contributed by atoms with E-state index in [-0.39, 0.29) is 30.0 Å². The third kappa shape index (κ3) is 4.77. The van der Waals surface area contributed by atoms with Crippen LogP contribution in [0.3, 0.4) is 0 Å². The van der Waals surface area contributed by atoms with E-state index in [1.807, 2.05) is 0 Å². The zero-order valence-electron chi connectivity index (χ0n) is 13.6. The second kappa shape index (κ2) is 8.99. The number of H-pyrrole nitrogens is 1. The van der Waals surface area contributed by atoms with Crippen molar-refractivity contribution in [3.8, 4) is 0 Å². The number of ether oxygens (including phenoxy) is 1. The lowest BCUT2D eigenvalue weighted by Gasteiger charge is -2.08. The lowest BCUT2D eigenvalue weighted by Crippen LogP contribution is -2.35. The first kappa shape index (κ1) is 17.9. The number of fused-ring (bicyclic) bond motifs is 1. The van der Waals surface area contributed by atoms with Crippen LogP contribution in [0.15, 0.2) is 33.9 Å². The van der Waals surface area contributed by atoms with Crippen LogP contribution in [0.2, 0.25) is 0 Å². The van der Waals surface area contributed by atoms with Gasteiger partial charge in [0.1, 0.15) is 0 Å². The number of hydrogen-bond acceptors (Lipinski definition) is 5. The minimum Gasteiger partial charge on any atom is -0.383 e. The van der Waals surface area contributed by atoms with Crippen molar-refractivity contribution in [1.29, 1.82) is 0 Å². The minimum atomic E-state index is -0.340. The normalized spacial score (nSPS) is 10.9. The van der Waals surface area contributed by atoms with Crippen LogP contribution in [0.5, 0.6) is 0 Å². The average molecular weight is 334 g/mol. The van der Waals surface area contributed by atoms with Gasteiger partial charge in [0.2, 0.25) is 5.91 Å². The van der Waals surface area contributed by atoms with Gasteiger partial charge in [-0.2, -0.15) is 0 Å². The zero-order chi connectivity index (χ0) is 17.4. The summed E-state index contributed by atoms with van der Waals surface area (Å²) in [6.07, 6.45) is 0.117. The maximum Gasteiger partial charge on any atom is 0.273 e. The van der Waals surface area contributed by atoms with Crippen LogP contribution >= 0.6 is 0 Å². The smallest absolute Gasteiger partial charge is 0.273 e. The van der Waals surface area contributed by atoms with Gasteiger partial charge in [-0.3, -0.25) is 19.5 Å². The third-order valence-electron chi connectivity index (χ3n) is 3.55. The Morgan fingerprint density at radius 1 is 1.17 bits per heavy atom. The van der Waals surface area contributed by atoms with Crippen molar-refractivity contribution in [2.45, 2.75) is 13.0 Å². The number of aromatic nitrogens is 2. The third-order valence-corrected chi connectivity index (χ3v) is 3.55. The van der Waals surface area contributed by atoms with Gasteiger partial charge in [-0.05, 0) is 12.1 Å². The summed E-state index contributed by atoms with van der Waals surface area (Å²) < 4.78 is 6.08. The van der Waals surface area contributed by atoms with E-state index < -0.39 is 0 Å². The fourth-order valence-electron chi connectivity index (χ4n) is 2.30. The maximum absolute atomic E-state index is 12.3. The lowest BCUT2D eigenvalue weighted by atomic mass is 10.2. The van der Waals surface area contributed by atoms with Gasteiger partial charge in [0.25, 0.3) is 11.1 Å². The molecule has 0 spiro atoms. The second-order valence-corrected chi connectivity index (χ2v) is 5.29. The number of hydrogen-bond donors (Lipinski definition) is 3. The van der Waals surface area contributed by atoms with Gasteiger partial charge in [-0.1, -0.05) is 12.1 Å². The summed E-state index contributed by atoms with van der Waals surface area (Å²) in [5.41, 5.74) is -0.646. The largest absolute Gasteiger partial charge is 0.383 e. The number of methoxy groups -OCH3 is 1. The highest BCUT2D eigenvalue weighted by Crippen LogP contribution is 2.02. The molecular weight excluding hydrogens is 312 g/mol. The Morgan fingerprint density at radius 2 is 1.92 bits per heavy atom. The first-order chi connectivity index (χ1) is 11.6. The molecule has 24 heavy (non-hydrogen) atoms. The number of nitrogens with zero attached hydrogens (tertiary/aromatic N) is 1. The molecule has 0 radical (unpaired) electrons.